The summed E-state index contributed by atoms with van der Waals surface area (Å²) in [6.45, 7) is -0.711. The van der Waals surface area contributed by atoms with Crippen LogP contribution in [0, 0.1) is 40.5 Å². The third-order valence-corrected chi connectivity index (χ3v) is 1.95. The first-order valence-electron chi connectivity index (χ1n) is 4.66. The van der Waals surface area contributed by atoms with Crippen LogP contribution in [-0.4, -0.2) is 38.3 Å². The average molecular weight is 297 g/mol. The predicted octanol–water partition coefficient (Wildman–Crippen LogP) is -0.832. The van der Waals surface area contributed by atoms with Gasteiger partial charge in [-0.05, 0) is 5.43 Å². The first kappa shape index (κ1) is 16.9. The molecule has 0 atom stereocenters. The van der Waals surface area contributed by atoms with Crippen LogP contribution in [0.2, 0.25) is 0 Å². The molecular formula is C5H7N5O10. The quantitative estimate of drug-likeness (QED) is 0.254. The molecule has 0 aliphatic heterocycles. The van der Waals surface area contributed by atoms with Crippen molar-refractivity contribution in [3.05, 3.63) is 40.5 Å². The van der Waals surface area contributed by atoms with Crippen molar-refractivity contribution in [2.24, 2.45) is 0 Å². The van der Waals surface area contributed by atoms with E-state index in [1.54, 1.807) is 0 Å². The van der Waals surface area contributed by atoms with E-state index in [0.29, 0.717) is 0 Å². The molecule has 0 aliphatic carbocycles. The minimum Gasteiger partial charge on any atom is -0.446 e. The molecule has 0 aromatic carbocycles. The molecule has 1 amide bonds. The second-order valence-electron chi connectivity index (χ2n) is 3.15. The predicted molar refractivity (Wildman–Crippen MR) is 54.4 cm³/mol. The maximum absolute atomic E-state index is 10.6. The topological polar surface area (TPSA) is 211 Å². The molecule has 0 unspecified atom stereocenters. The molecule has 0 aromatic rings. The highest BCUT2D eigenvalue weighted by molar-refractivity contribution is 5.65. The van der Waals surface area contributed by atoms with Crippen molar-refractivity contribution in [2.45, 2.75) is 18.6 Å². The van der Waals surface area contributed by atoms with Crippen molar-refractivity contribution in [1.82, 2.24) is 5.43 Å². The van der Waals surface area contributed by atoms with Gasteiger partial charge in [-0.1, -0.05) is 0 Å². The van der Waals surface area contributed by atoms with Gasteiger partial charge in [-0.3, -0.25) is 30.3 Å². The van der Waals surface area contributed by atoms with Gasteiger partial charge in [0.15, 0.2) is 26.2 Å². The lowest BCUT2D eigenvalue weighted by molar-refractivity contribution is -0.970. The standard InChI is InChI=1S/C5H7N5O10/c11-4(6-10(18)19)20-3-1-2-5(7(12)13,8(14)15)9(16)17/h1-3H2,(H,6,11). The molecule has 0 saturated carbocycles. The number of carbonyl (C=O) groups is 1. The molecule has 15 nitrogen and oxygen atoms in total. The molecule has 0 radical (unpaired) electrons. The molecule has 0 bridgehead atoms. The summed E-state index contributed by atoms with van der Waals surface area (Å²) < 4.78 is 4.13. The Kier molecular flexibility index (Phi) is 5.66. The molecular weight excluding hydrogens is 290 g/mol. The van der Waals surface area contributed by atoms with Crippen LogP contribution < -0.4 is 5.43 Å². The smallest absolute Gasteiger partial charge is 0.446 e. The molecule has 112 valence electrons. The largest absolute Gasteiger partial charge is 0.699 e. The molecule has 0 heterocycles. The molecule has 20 heavy (non-hydrogen) atoms. The van der Waals surface area contributed by atoms with Gasteiger partial charge < -0.3 is 4.74 Å². The summed E-state index contributed by atoms with van der Waals surface area (Å²) in [6.07, 6.45) is -3.29. The Morgan fingerprint density at radius 2 is 1.45 bits per heavy atom. The van der Waals surface area contributed by atoms with Gasteiger partial charge in [0.05, 0.1) is 6.61 Å². The lowest BCUT2D eigenvalue weighted by atomic mass is 10.2. The molecule has 0 aromatic heterocycles. The van der Waals surface area contributed by atoms with Gasteiger partial charge in [0.1, 0.15) is 0 Å². The summed E-state index contributed by atoms with van der Waals surface area (Å²) in [5.41, 5.74) is 1.07. The summed E-state index contributed by atoms with van der Waals surface area (Å²) in [5.74, 6) is -3.65. The van der Waals surface area contributed by atoms with Gasteiger partial charge >= 0.3 is 11.9 Å². The van der Waals surface area contributed by atoms with Crippen LogP contribution in [-0.2, 0) is 4.74 Å². The Labute approximate surface area is 108 Å². The van der Waals surface area contributed by atoms with Crippen LogP contribution in [0.15, 0.2) is 0 Å². The first-order valence-corrected chi connectivity index (χ1v) is 4.66. The Balaban J connectivity index is 4.55. The fourth-order valence-electron chi connectivity index (χ4n) is 1.05. The highest BCUT2D eigenvalue weighted by atomic mass is 16.7. The minimum atomic E-state index is -3.65. The summed E-state index contributed by atoms with van der Waals surface area (Å²) >= 11 is 0. The molecule has 0 fully saturated rings. The normalized spacial score (nSPS) is 10.4. The highest BCUT2D eigenvalue weighted by Gasteiger charge is 2.69. The van der Waals surface area contributed by atoms with E-state index in [4.69, 9.17) is 0 Å². The van der Waals surface area contributed by atoms with Crippen LogP contribution in [0.25, 0.3) is 0 Å². The van der Waals surface area contributed by atoms with Crippen LogP contribution in [0.3, 0.4) is 0 Å². The maximum atomic E-state index is 10.6. The first-order chi connectivity index (χ1) is 9.14. The SMILES string of the molecule is O=C(N[N+](=O)[O-])OCCCC([N+](=O)[O-])([N+](=O)[O-])[N+](=O)[O-]. The van der Waals surface area contributed by atoms with E-state index in [9.17, 15) is 45.3 Å². The summed E-state index contributed by atoms with van der Waals surface area (Å²) in [5, 5.41) is 40.0. The summed E-state index contributed by atoms with van der Waals surface area (Å²) in [6, 6.07) is 0. The zero-order valence-corrected chi connectivity index (χ0v) is 9.49. The number of nitrogens with one attached hydrogen (secondary N) is 1. The monoisotopic (exact) mass is 297 g/mol. The number of hydrogen-bond donors (Lipinski definition) is 1. The number of rotatable bonds is 8. The van der Waals surface area contributed by atoms with Crippen molar-refractivity contribution < 1.29 is 29.3 Å². The van der Waals surface area contributed by atoms with E-state index in [1.165, 1.54) is 0 Å². The van der Waals surface area contributed by atoms with Gasteiger partial charge in [0, 0.05) is 6.42 Å². The highest BCUT2D eigenvalue weighted by Crippen LogP contribution is 2.19. The van der Waals surface area contributed by atoms with Crippen molar-refractivity contribution in [3.8, 4) is 0 Å². The number of ether oxygens (including phenoxy) is 1. The molecule has 0 rings (SSSR count). The van der Waals surface area contributed by atoms with Crippen molar-refractivity contribution in [1.29, 1.82) is 0 Å². The van der Waals surface area contributed by atoms with Gasteiger partial charge in [0.25, 0.3) is 0 Å². The summed E-state index contributed by atoms with van der Waals surface area (Å²) in [7, 11) is 0. The molecule has 0 saturated heterocycles. The molecule has 15 heteroatoms. The van der Waals surface area contributed by atoms with Crippen molar-refractivity contribution in [2.75, 3.05) is 6.61 Å². The molecule has 0 spiro atoms. The fraction of sp³-hybridized carbons (Fsp3) is 0.800. The van der Waals surface area contributed by atoms with Gasteiger partial charge in [-0.2, -0.15) is 0 Å². The Morgan fingerprint density at radius 1 is 1.00 bits per heavy atom. The van der Waals surface area contributed by atoms with Gasteiger partial charge in [-0.15, -0.1) is 0 Å². The van der Waals surface area contributed by atoms with E-state index in [2.05, 4.69) is 4.74 Å². The Bertz CT molecular complexity index is 411. The number of nitro groups is 4. The zero-order valence-electron chi connectivity index (χ0n) is 9.49. The van der Waals surface area contributed by atoms with Gasteiger partial charge in [0.2, 0.25) is 0 Å². The van der Waals surface area contributed by atoms with Crippen LogP contribution in [0.4, 0.5) is 4.79 Å². The number of hydrogen-bond acceptors (Lipinski definition) is 10. The minimum absolute atomic E-state index is 0.617. The summed E-state index contributed by atoms with van der Waals surface area (Å²) in [4.78, 5) is 46.8. The number of nitrogens with zero attached hydrogens (tertiary/aromatic N) is 4. The van der Waals surface area contributed by atoms with E-state index in [0.717, 1.165) is 5.43 Å². The van der Waals surface area contributed by atoms with E-state index in [1.807, 2.05) is 0 Å². The second-order valence-corrected chi connectivity index (χ2v) is 3.15. The van der Waals surface area contributed by atoms with E-state index >= 15 is 0 Å². The van der Waals surface area contributed by atoms with E-state index in [-0.39, 0.29) is 0 Å². The second kappa shape index (κ2) is 6.71. The zero-order chi connectivity index (χ0) is 15.9. The molecule has 1 N–H and O–H groups in total. The van der Waals surface area contributed by atoms with Gasteiger partial charge in [-0.25, -0.2) is 14.9 Å². The fourth-order valence-corrected chi connectivity index (χ4v) is 1.05. The Morgan fingerprint density at radius 3 is 1.80 bits per heavy atom. The average Bonchev–Trinajstić information content (AvgIpc) is 2.26. The third-order valence-electron chi connectivity index (χ3n) is 1.95. The van der Waals surface area contributed by atoms with Crippen molar-refractivity contribution in [3.63, 3.8) is 0 Å². The lowest BCUT2D eigenvalue weighted by Gasteiger charge is -2.08. The number of hydrazine groups is 1. The molecule has 0 aliphatic rings. The number of amides is 1. The Hall–Kier alpha value is -3.13. The van der Waals surface area contributed by atoms with E-state index < -0.39 is 51.1 Å². The lowest BCUT2D eigenvalue weighted by Crippen LogP contribution is -2.53. The van der Waals surface area contributed by atoms with Crippen LogP contribution >= 0.6 is 0 Å². The van der Waals surface area contributed by atoms with Crippen LogP contribution in [0.1, 0.15) is 12.8 Å². The number of carbonyl (C=O) groups excluding carboxylic acids is 1. The third kappa shape index (κ3) is 3.96. The maximum Gasteiger partial charge on any atom is 0.699 e. The van der Waals surface area contributed by atoms with Crippen LogP contribution in [0.5, 0.6) is 0 Å². The van der Waals surface area contributed by atoms with Crippen molar-refractivity contribution >= 4 is 6.09 Å².